The highest BCUT2D eigenvalue weighted by atomic mass is 79.9. The summed E-state index contributed by atoms with van der Waals surface area (Å²) in [5.41, 5.74) is 1.57. The molecule has 1 saturated heterocycles. The van der Waals surface area contributed by atoms with Crippen LogP contribution in [0.5, 0.6) is 5.75 Å². The van der Waals surface area contributed by atoms with Gasteiger partial charge in [0.15, 0.2) is 0 Å². The minimum atomic E-state index is -0.165. The summed E-state index contributed by atoms with van der Waals surface area (Å²) in [7, 11) is 1.53. The zero-order valence-electron chi connectivity index (χ0n) is 14.6. The molecule has 1 aliphatic heterocycles. The highest BCUT2D eigenvalue weighted by Gasteiger charge is 2.35. The molecule has 26 heavy (non-hydrogen) atoms. The number of nitrogens with one attached hydrogen (secondary N) is 1. The van der Waals surface area contributed by atoms with Crippen molar-refractivity contribution >= 4 is 33.4 Å². The largest absolute Gasteiger partial charge is 0.496 e. The summed E-state index contributed by atoms with van der Waals surface area (Å²) < 4.78 is 11.9. The quantitative estimate of drug-likeness (QED) is 0.743. The van der Waals surface area contributed by atoms with E-state index in [9.17, 15) is 4.79 Å². The van der Waals surface area contributed by atoms with Gasteiger partial charge in [-0.05, 0) is 48.7 Å². The first kappa shape index (κ1) is 19.2. The number of ether oxygens (including phenoxy) is 2. The van der Waals surface area contributed by atoms with Crippen LogP contribution < -0.4 is 10.1 Å². The molecule has 1 fully saturated rings. The van der Waals surface area contributed by atoms with Crippen LogP contribution in [0.4, 0.5) is 0 Å². The summed E-state index contributed by atoms with van der Waals surface area (Å²) in [6.45, 7) is 1.93. The molecule has 0 atom stereocenters. The Kier molecular flexibility index (Phi) is 6.22. The molecule has 0 saturated carbocycles. The Bertz CT molecular complexity index is 773. The molecule has 3 rings (SSSR count). The summed E-state index contributed by atoms with van der Waals surface area (Å²) in [5, 5.41) is 3.62. The third-order valence-electron chi connectivity index (χ3n) is 4.90. The Morgan fingerprint density at radius 2 is 1.92 bits per heavy atom. The van der Waals surface area contributed by atoms with Crippen LogP contribution in [-0.4, -0.2) is 32.8 Å². The van der Waals surface area contributed by atoms with E-state index in [1.165, 1.54) is 12.7 Å². The van der Waals surface area contributed by atoms with Crippen molar-refractivity contribution in [1.82, 2.24) is 5.32 Å². The van der Waals surface area contributed by atoms with Gasteiger partial charge >= 0.3 is 0 Å². The van der Waals surface area contributed by atoms with E-state index < -0.39 is 0 Å². The number of rotatable bonds is 5. The third-order valence-corrected chi connectivity index (χ3v) is 5.67. The standard InChI is InChI=1S/C20H21BrClNO3/c1-25-18-12-16(22)6-7-17(18)19(24)23-13-20(8-10-26-11-9-20)14-2-4-15(21)5-3-14/h2-7,12H,8-11,13H2,1H3,(H,23,24). The van der Waals surface area contributed by atoms with Gasteiger partial charge in [-0.1, -0.05) is 39.7 Å². The summed E-state index contributed by atoms with van der Waals surface area (Å²) in [6.07, 6.45) is 1.74. The van der Waals surface area contributed by atoms with E-state index in [0.29, 0.717) is 36.1 Å². The van der Waals surface area contributed by atoms with E-state index >= 15 is 0 Å². The van der Waals surface area contributed by atoms with Crippen LogP contribution in [0, 0.1) is 0 Å². The minimum Gasteiger partial charge on any atom is -0.496 e. The SMILES string of the molecule is COc1cc(Cl)ccc1C(=O)NCC1(c2ccc(Br)cc2)CCOCC1. The molecule has 0 unspecified atom stereocenters. The van der Waals surface area contributed by atoms with Gasteiger partial charge < -0.3 is 14.8 Å². The predicted octanol–water partition coefficient (Wildman–Crippen LogP) is 4.59. The molecule has 0 aromatic heterocycles. The third kappa shape index (κ3) is 4.22. The normalized spacial score (nSPS) is 16.1. The molecule has 0 radical (unpaired) electrons. The Hall–Kier alpha value is -1.56. The van der Waals surface area contributed by atoms with Crippen molar-refractivity contribution in [3.05, 3.63) is 63.1 Å². The van der Waals surface area contributed by atoms with Crippen molar-refractivity contribution in [2.75, 3.05) is 26.9 Å². The predicted molar refractivity (Wildman–Crippen MR) is 106 cm³/mol. The summed E-state index contributed by atoms with van der Waals surface area (Å²) in [5.74, 6) is 0.307. The summed E-state index contributed by atoms with van der Waals surface area (Å²) in [4.78, 5) is 12.7. The lowest BCUT2D eigenvalue weighted by atomic mass is 9.74. The summed E-state index contributed by atoms with van der Waals surface area (Å²) >= 11 is 9.47. The van der Waals surface area contributed by atoms with E-state index in [0.717, 1.165) is 17.3 Å². The van der Waals surface area contributed by atoms with Gasteiger partial charge in [0.25, 0.3) is 5.91 Å². The number of amides is 1. The van der Waals surface area contributed by atoms with Crippen LogP contribution in [0.1, 0.15) is 28.8 Å². The van der Waals surface area contributed by atoms with Gasteiger partial charge in [0.05, 0.1) is 12.7 Å². The van der Waals surface area contributed by atoms with Crippen LogP contribution in [-0.2, 0) is 10.2 Å². The molecular formula is C20H21BrClNO3. The van der Waals surface area contributed by atoms with E-state index in [4.69, 9.17) is 21.1 Å². The molecule has 1 amide bonds. The number of methoxy groups -OCH3 is 1. The highest BCUT2D eigenvalue weighted by Crippen LogP contribution is 2.35. The molecule has 0 aliphatic carbocycles. The second-order valence-corrected chi connectivity index (χ2v) is 7.78. The maximum Gasteiger partial charge on any atom is 0.255 e. The van der Waals surface area contributed by atoms with Crippen LogP contribution in [0.15, 0.2) is 46.9 Å². The van der Waals surface area contributed by atoms with Gasteiger partial charge in [-0.2, -0.15) is 0 Å². The molecule has 6 heteroatoms. The average molecular weight is 439 g/mol. The molecule has 2 aromatic carbocycles. The lowest BCUT2D eigenvalue weighted by Crippen LogP contribution is -2.44. The van der Waals surface area contributed by atoms with Gasteiger partial charge in [0.1, 0.15) is 5.75 Å². The van der Waals surface area contributed by atoms with Crippen LogP contribution in [0.2, 0.25) is 5.02 Å². The fourth-order valence-corrected chi connectivity index (χ4v) is 3.76. The topological polar surface area (TPSA) is 47.6 Å². The first-order chi connectivity index (χ1) is 12.5. The highest BCUT2D eigenvalue weighted by molar-refractivity contribution is 9.10. The summed E-state index contributed by atoms with van der Waals surface area (Å²) in [6, 6.07) is 13.3. The van der Waals surface area contributed by atoms with Crippen molar-refractivity contribution in [2.24, 2.45) is 0 Å². The number of hydrogen-bond donors (Lipinski definition) is 1. The second kappa shape index (κ2) is 8.42. The van der Waals surface area contributed by atoms with E-state index in [1.807, 2.05) is 12.1 Å². The van der Waals surface area contributed by atoms with Crippen LogP contribution in [0.25, 0.3) is 0 Å². The number of benzene rings is 2. The monoisotopic (exact) mass is 437 g/mol. The number of halogens is 2. The van der Waals surface area contributed by atoms with Crippen LogP contribution >= 0.6 is 27.5 Å². The molecule has 4 nitrogen and oxygen atoms in total. The number of carbonyl (C=O) groups excluding carboxylic acids is 1. The molecule has 138 valence electrons. The molecule has 2 aromatic rings. The lowest BCUT2D eigenvalue weighted by molar-refractivity contribution is 0.0487. The fraction of sp³-hybridized carbons (Fsp3) is 0.350. The molecule has 1 aliphatic rings. The van der Waals surface area contributed by atoms with Gasteiger partial charge in [-0.3, -0.25) is 4.79 Å². The maximum atomic E-state index is 12.7. The van der Waals surface area contributed by atoms with Crippen molar-refractivity contribution < 1.29 is 14.3 Å². The zero-order chi connectivity index (χ0) is 18.6. The Morgan fingerprint density at radius 1 is 1.23 bits per heavy atom. The Balaban J connectivity index is 1.80. The van der Waals surface area contributed by atoms with Gasteiger partial charge in [0, 0.05) is 34.7 Å². The van der Waals surface area contributed by atoms with Crippen molar-refractivity contribution in [2.45, 2.75) is 18.3 Å². The number of carbonyl (C=O) groups is 1. The average Bonchev–Trinajstić information content (AvgIpc) is 2.67. The van der Waals surface area contributed by atoms with Crippen molar-refractivity contribution in [1.29, 1.82) is 0 Å². The van der Waals surface area contributed by atoms with E-state index in [1.54, 1.807) is 18.2 Å². The second-order valence-electron chi connectivity index (χ2n) is 6.43. The fourth-order valence-electron chi connectivity index (χ4n) is 3.33. The van der Waals surface area contributed by atoms with Gasteiger partial charge in [0.2, 0.25) is 0 Å². The number of hydrogen-bond acceptors (Lipinski definition) is 3. The molecule has 1 heterocycles. The Labute approximate surface area is 167 Å². The molecule has 1 N–H and O–H groups in total. The van der Waals surface area contributed by atoms with E-state index in [-0.39, 0.29) is 11.3 Å². The lowest BCUT2D eigenvalue weighted by Gasteiger charge is -2.38. The molecular weight excluding hydrogens is 418 g/mol. The maximum absolute atomic E-state index is 12.7. The Morgan fingerprint density at radius 3 is 2.58 bits per heavy atom. The van der Waals surface area contributed by atoms with Crippen LogP contribution in [0.3, 0.4) is 0 Å². The molecule has 0 bridgehead atoms. The zero-order valence-corrected chi connectivity index (χ0v) is 16.9. The smallest absolute Gasteiger partial charge is 0.255 e. The van der Waals surface area contributed by atoms with Crippen molar-refractivity contribution in [3.8, 4) is 5.75 Å². The molecule has 0 spiro atoms. The van der Waals surface area contributed by atoms with Gasteiger partial charge in [-0.25, -0.2) is 0 Å². The van der Waals surface area contributed by atoms with E-state index in [2.05, 4.69) is 33.4 Å². The van der Waals surface area contributed by atoms with Gasteiger partial charge in [-0.15, -0.1) is 0 Å². The minimum absolute atomic E-state index is 0.131. The first-order valence-electron chi connectivity index (χ1n) is 8.50. The first-order valence-corrected chi connectivity index (χ1v) is 9.67. The van der Waals surface area contributed by atoms with Crippen molar-refractivity contribution in [3.63, 3.8) is 0 Å².